The lowest BCUT2D eigenvalue weighted by atomic mass is 9.33. The molecular weight excluding hydrogens is 990 g/mol. The number of rotatable bonds is 5. The molecule has 10 aliphatic rings. The van der Waals surface area contributed by atoms with Gasteiger partial charge in [-0.2, -0.15) is 0 Å². The van der Waals surface area contributed by atoms with Crippen molar-refractivity contribution in [3.8, 4) is 5.69 Å². The molecule has 8 saturated carbocycles. The zero-order valence-electron chi connectivity index (χ0n) is 51.6. The lowest BCUT2D eigenvalue weighted by Gasteiger charge is -2.57. The molecule has 0 saturated heterocycles. The fraction of sp³-hybridized carbons (Fsp3) is 0.462. The molecule has 0 spiro atoms. The predicted octanol–water partition coefficient (Wildman–Crippen LogP) is 19.0. The Labute approximate surface area is 491 Å². The minimum absolute atomic E-state index is 0.00711. The molecule has 4 heteroatoms. The van der Waals surface area contributed by atoms with Crippen LogP contribution in [0.15, 0.2) is 133 Å². The van der Waals surface area contributed by atoms with E-state index in [0.717, 1.165) is 35.5 Å². The van der Waals surface area contributed by atoms with Gasteiger partial charge in [0.2, 0.25) is 0 Å². The van der Waals surface area contributed by atoms with Gasteiger partial charge in [-0.3, -0.25) is 0 Å². The normalized spacial score (nSPS) is 27.0. The number of fused-ring (bicyclic) bond motifs is 7. The van der Waals surface area contributed by atoms with Gasteiger partial charge in [-0.1, -0.05) is 144 Å². The monoisotopic (exact) mass is 1080 g/mol. The summed E-state index contributed by atoms with van der Waals surface area (Å²) in [4.78, 5) is 5.33. The van der Waals surface area contributed by atoms with Crippen LogP contribution in [-0.4, -0.2) is 11.3 Å². The van der Waals surface area contributed by atoms with Crippen LogP contribution in [0.5, 0.6) is 0 Å². The van der Waals surface area contributed by atoms with Crippen molar-refractivity contribution in [3.63, 3.8) is 0 Å². The molecule has 1 aromatic heterocycles. The van der Waals surface area contributed by atoms with E-state index in [-0.39, 0.29) is 28.4 Å². The summed E-state index contributed by atoms with van der Waals surface area (Å²) < 4.78 is 2.72. The first-order valence-corrected chi connectivity index (χ1v) is 32.3. The maximum atomic E-state index is 2.77. The standard InChI is InChI=1S/C78H88BN3/c1-73(2,3)53-13-21-59(22-14-53)80-68-27-17-55(75(7,8)9)37-64(68)79-65-38-56(76(10,11)12)18-28-69(65)81(60-23-15-54(16-24-60)74(4,5)6)71-40-61(39-70(80)72(71)79)82-66-25-19-57(77-41-47-29-48(42-77)31-49(30-47)43-77)35-62(66)63-36-58(20-26-67(63)82)78-44-50-32-51(45-78)34-52(33-50)46-78/h13-28,35-40,47-52H,29-34,41-46H2,1-12H3. The van der Waals surface area contributed by atoms with Gasteiger partial charge in [0, 0.05) is 44.9 Å². The third-order valence-electron chi connectivity index (χ3n) is 23.1. The number of aromatic nitrogens is 1. The Hall–Kier alpha value is -6.00. The maximum Gasteiger partial charge on any atom is 0.252 e. The fourth-order valence-corrected chi connectivity index (χ4v) is 19.7. The zero-order valence-corrected chi connectivity index (χ0v) is 51.6. The van der Waals surface area contributed by atoms with Crippen LogP contribution in [0.4, 0.5) is 34.1 Å². The van der Waals surface area contributed by atoms with Gasteiger partial charge in [0.15, 0.2) is 0 Å². The van der Waals surface area contributed by atoms with Crippen LogP contribution < -0.4 is 26.2 Å². The number of hydrogen-bond acceptors (Lipinski definition) is 2. The van der Waals surface area contributed by atoms with Gasteiger partial charge < -0.3 is 14.4 Å². The molecule has 3 heterocycles. The SMILES string of the molecule is CC(C)(C)c1ccc(N2c3ccc(C(C)(C)C)cc3B3c4cc(C(C)(C)C)ccc4N(c4ccc(C(C)(C)C)cc4)c4cc(-n5c6ccc(C78CC9CC(CC(C9)C7)C8)cc6c6cc(C78CC9CC(CC(C9)C7)C8)ccc65)cc2c43)cc1. The van der Waals surface area contributed by atoms with Crippen LogP contribution in [0.25, 0.3) is 27.5 Å². The summed E-state index contributed by atoms with van der Waals surface area (Å²) in [5.41, 5.74) is 24.9. The Morgan fingerprint density at radius 2 is 0.671 bits per heavy atom. The van der Waals surface area contributed by atoms with Crippen molar-refractivity contribution in [2.45, 2.75) is 193 Å². The van der Waals surface area contributed by atoms with Crippen molar-refractivity contribution < 1.29 is 0 Å². The lowest BCUT2D eigenvalue weighted by molar-refractivity contribution is -0.00528. The molecule has 8 bridgehead atoms. The number of benzene rings is 7. The average molecular weight is 1080 g/mol. The number of anilines is 6. The van der Waals surface area contributed by atoms with Crippen molar-refractivity contribution in [3.05, 3.63) is 167 Å². The Morgan fingerprint density at radius 3 is 1.00 bits per heavy atom. The van der Waals surface area contributed by atoms with E-state index in [1.807, 2.05) is 0 Å². The first kappa shape index (κ1) is 51.6. The van der Waals surface area contributed by atoms with E-state index in [4.69, 9.17) is 0 Å². The Morgan fingerprint density at radius 1 is 0.341 bits per heavy atom. The smallest absolute Gasteiger partial charge is 0.252 e. The van der Waals surface area contributed by atoms with Gasteiger partial charge in [-0.05, 0) is 268 Å². The molecule has 0 amide bonds. The van der Waals surface area contributed by atoms with Crippen molar-refractivity contribution >= 4 is 79.0 Å². The molecule has 82 heavy (non-hydrogen) atoms. The zero-order chi connectivity index (χ0) is 56.4. The summed E-state index contributed by atoms with van der Waals surface area (Å²) in [5, 5.41) is 2.92. The average Bonchev–Trinajstić information content (AvgIpc) is 1.34. The summed E-state index contributed by atoms with van der Waals surface area (Å²) in [6, 6.07) is 55.5. The van der Waals surface area contributed by atoms with E-state index in [0.29, 0.717) is 10.8 Å². The Balaban J connectivity index is 0.991. The van der Waals surface area contributed by atoms with Gasteiger partial charge in [0.25, 0.3) is 6.71 Å². The highest BCUT2D eigenvalue weighted by Gasteiger charge is 2.54. The minimum Gasteiger partial charge on any atom is -0.311 e. The fourth-order valence-electron chi connectivity index (χ4n) is 19.7. The van der Waals surface area contributed by atoms with Gasteiger partial charge in [-0.25, -0.2) is 0 Å². The molecule has 18 rings (SSSR count). The van der Waals surface area contributed by atoms with Crippen molar-refractivity contribution in [2.75, 3.05) is 9.80 Å². The van der Waals surface area contributed by atoms with Crippen LogP contribution in [0.3, 0.4) is 0 Å². The largest absolute Gasteiger partial charge is 0.311 e. The maximum absolute atomic E-state index is 2.77. The molecule has 2 aliphatic heterocycles. The summed E-state index contributed by atoms with van der Waals surface area (Å²) >= 11 is 0. The first-order valence-electron chi connectivity index (χ1n) is 32.3. The van der Waals surface area contributed by atoms with Crippen LogP contribution in [0, 0.1) is 35.5 Å². The quantitative estimate of drug-likeness (QED) is 0.159. The molecule has 0 N–H and O–H groups in total. The summed E-state index contributed by atoms with van der Waals surface area (Å²) in [6.07, 6.45) is 17.1. The molecule has 7 aromatic carbocycles. The second kappa shape index (κ2) is 17.3. The third-order valence-corrected chi connectivity index (χ3v) is 23.1. The summed E-state index contributed by atoms with van der Waals surface area (Å²) in [7, 11) is 0. The van der Waals surface area contributed by atoms with E-state index >= 15 is 0 Å². The highest BCUT2D eigenvalue weighted by Crippen LogP contribution is 2.63. The molecular formula is C78H88BN3. The van der Waals surface area contributed by atoms with E-state index in [2.05, 4.69) is 231 Å². The lowest BCUT2D eigenvalue weighted by Crippen LogP contribution is -2.61. The van der Waals surface area contributed by atoms with Crippen LogP contribution in [0.1, 0.15) is 194 Å². The van der Waals surface area contributed by atoms with Crippen molar-refractivity contribution in [1.82, 2.24) is 4.57 Å². The summed E-state index contributed by atoms with van der Waals surface area (Å²) in [6.45, 7) is 28.3. The van der Waals surface area contributed by atoms with Crippen LogP contribution in [0.2, 0.25) is 0 Å². The molecule has 8 fully saturated rings. The van der Waals surface area contributed by atoms with Crippen molar-refractivity contribution in [1.29, 1.82) is 0 Å². The van der Waals surface area contributed by atoms with Crippen LogP contribution >= 0.6 is 0 Å². The van der Waals surface area contributed by atoms with E-state index in [1.54, 1.807) is 11.1 Å². The molecule has 0 unspecified atom stereocenters. The van der Waals surface area contributed by atoms with Gasteiger partial charge >= 0.3 is 0 Å². The molecule has 0 radical (unpaired) electrons. The Kier molecular flexibility index (Phi) is 10.9. The second-order valence-corrected chi connectivity index (χ2v) is 32.8. The molecule has 8 aromatic rings. The van der Waals surface area contributed by atoms with Gasteiger partial charge in [0.1, 0.15) is 0 Å². The first-order chi connectivity index (χ1) is 39.0. The van der Waals surface area contributed by atoms with Gasteiger partial charge in [0.05, 0.1) is 16.7 Å². The molecule has 3 nitrogen and oxygen atoms in total. The van der Waals surface area contributed by atoms with Gasteiger partial charge in [-0.15, -0.1) is 0 Å². The summed E-state index contributed by atoms with van der Waals surface area (Å²) in [5.74, 6) is 5.40. The molecule has 8 aliphatic carbocycles. The van der Waals surface area contributed by atoms with E-state index < -0.39 is 0 Å². The highest BCUT2D eigenvalue weighted by molar-refractivity contribution is 7.00. The van der Waals surface area contributed by atoms with Crippen LogP contribution in [-0.2, 0) is 32.5 Å². The third kappa shape index (κ3) is 7.86. The van der Waals surface area contributed by atoms with E-state index in [9.17, 15) is 0 Å². The minimum atomic E-state index is -0.0333. The molecule has 0 atom stereocenters. The molecule has 418 valence electrons. The highest BCUT2D eigenvalue weighted by atomic mass is 15.2. The second-order valence-electron chi connectivity index (χ2n) is 32.8. The Bertz CT molecular complexity index is 3610. The van der Waals surface area contributed by atoms with E-state index in [1.165, 1.54) is 177 Å². The number of hydrogen-bond donors (Lipinski definition) is 0. The topological polar surface area (TPSA) is 11.4 Å². The predicted molar refractivity (Wildman–Crippen MR) is 349 cm³/mol. The number of nitrogens with zero attached hydrogens (tertiary/aromatic N) is 3. The van der Waals surface area contributed by atoms with Crippen molar-refractivity contribution in [2.24, 2.45) is 35.5 Å².